The monoisotopic (exact) mass is 1010 g/mol. The van der Waals surface area contributed by atoms with Crippen LogP contribution < -0.4 is 36.5 Å². The third-order valence-corrected chi connectivity index (χ3v) is 24.6. The molecule has 0 amide bonds. The van der Waals surface area contributed by atoms with Crippen molar-refractivity contribution in [1.82, 2.24) is 0 Å². The van der Waals surface area contributed by atoms with Gasteiger partial charge in [0.05, 0.1) is 0 Å². The van der Waals surface area contributed by atoms with Crippen LogP contribution in [0.25, 0.3) is 0 Å². The molecule has 0 aliphatic carbocycles. The first kappa shape index (κ1) is 49.8. The number of phenolic OH excluding ortho intramolecular Hbond substituents is 2. The van der Waals surface area contributed by atoms with E-state index in [1.54, 1.807) is 24.3 Å². The Labute approximate surface area is 414 Å². The molecule has 0 bridgehead atoms. The summed E-state index contributed by atoms with van der Waals surface area (Å²) in [5, 5.41) is 25.8. The summed E-state index contributed by atoms with van der Waals surface area (Å²) < 4.78 is 112. The van der Waals surface area contributed by atoms with Gasteiger partial charge in [0.2, 0.25) is 0 Å². The number of aromatic hydroxyl groups is 2. The van der Waals surface area contributed by atoms with E-state index in [4.69, 9.17) is 13.5 Å². The minimum absolute atomic E-state index is 0.0256. The molecule has 0 saturated heterocycles. The summed E-state index contributed by atoms with van der Waals surface area (Å²) in [7, 11) is -2.19. The van der Waals surface area contributed by atoms with E-state index in [1.165, 1.54) is 12.1 Å². The Kier molecular flexibility index (Phi) is 13.7. The zero-order valence-corrected chi connectivity index (χ0v) is 40.2. The maximum atomic E-state index is 14.9. The standard InChI is InChI=1S/C58H47BF6O5P2/c60-57(61,62)46-39-47(58(63,64)65)41-50(40-46)68-59(69-71(51-25-7-1-8-26-51,52-27-9-2-10-28-52,53-29-11-3-12-30-53)42-44-21-19-23-48(66)37-44)70-72(54-31-13-4-14-32-54,55-33-15-5-16-34-55,56-35-17-6-18-36-56)43-45-22-20-24-49(67)38-45/h1-41,66-67H,42-43H2. The molecule has 0 saturated carbocycles. The van der Waals surface area contributed by atoms with Crippen LogP contribution in [0.5, 0.6) is 17.2 Å². The van der Waals surface area contributed by atoms with Crippen LogP contribution in [0.2, 0.25) is 0 Å². The summed E-state index contributed by atoms with van der Waals surface area (Å²) in [6.45, 7) is -9.96. The van der Waals surface area contributed by atoms with Gasteiger partial charge in [0, 0.05) is 0 Å². The molecule has 2 N–H and O–H groups in total. The SMILES string of the molecule is Oc1cccc(CP(OB(Oc2cc(C(F)(F)F)cc(C(F)(F)F)c2)OP(Cc2cccc(O)c2)(c2ccccc2)(c2ccccc2)c2ccccc2)(c2ccccc2)(c2ccccc2)c2ccccc2)c1. The average molecular weight is 1010 g/mol. The molecule has 9 aromatic rings. The maximum absolute atomic E-state index is 14.9. The normalized spacial score (nSPS) is 13.2. The van der Waals surface area contributed by atoms with E-state index >= 15 is 0 Å². The van der Waals surface area contributed by atoms with Crippen LogP contribution in [0.15, 0.2) is 249 Å². The number of benzene rings is 9. The van der Waals surface area contributed by atoms with E-state index in [0.717, 1.165) is 0 Å². The van der Waals surface area contributed by atoms with Crippen LogP contribution in [-0.4, -0.2) is 17.5 Å². The Bertz CT molecular complexity index is 2850. The number of halogens is 6. The van der Waals surface area contributed by atoms with Crippen LogP contribution in [0.1, 0.15) is 22.3 Å². The quantitative estimate of drug-likeness (QED) is 0.0573. The van der Waals surface area contributed by atoms with Gasteiger partial charge in [0.15, 0.2) is 0 Å². The predicted molar refractivity (Wildman–Crippen MR) is 279 cm³/mol. The molecule has 0 fully saturated rings. The fourth-order valence-corrected chi connectivity index (χ4v) is 21.3. The first-order chi connectivity index (χ1) is 34.6. The molecule has 0 atom stereocenters. The second-order valence-corrected chi connectivity index (χ2v) is 26.5. The molecule has 0 heterocycles. The number of phenols is 2. The molecule has 364 valence electrons. The van der Waals surface area contributed by atoms with E-state index in [9.17, 15) is 36.6 Å². The Balaban J connectivity index is 1.48. The van der Waals surface area contributed by atoms with Crippen molar-refractivity contribution in [3.63, 3.8) is 0 Å². The van der Waals surface area contributed by atoms with Crippen molar-refractivity contribution in [2.45, 2.75) is 24.7 Å². The van der Waals surface area contributed by atoms with Gasteiger partial charge in [-0.3, -0.25) is 0 Å². The van der Waals surface area contributed by atoms with E-state index in [0.29, 0.717) is 55.1 Å². The third kappa shape index (κ3) is 9.28. The average Bonchev–Trinajstić information content (AvgIpc) is 3.39. The van der Waals surface area contributed by atoms with Gasteiger partial charge in [0.1, 0.15) is 0 Å². The summed E-state index contributed by atoms with van der Waals surface area (Å²) in [5.74, 6) is -0.952. The Morgan fingerprint density at radius 3 is 0.875 bits per heavy atom. The Morgan fingerprint density at radius 1 is 0.347 bits per heavy atom. The molecule has 14 heteroatoms. The van der Waals surface area contributed by atoms with Crippen molar-refractivity contribution in [3.8, 4) is 17.2 Å². The third-order valence-electron chi connectivity index (χ3n) is 13.0. The molecule has 9 aromatic carbocycles. The van der Waals surface area contributed by atoms with Gasteiger partial charge in [-0.25, -0.2) is 0 Å². The minimum atomic E-state index is -5.24. The van der Waals surface area contributed by atoms with E-state index < -0.39 is 50.2 Å². The van der Waals surface area contributed by atoms with Crippen molar-refractivity contribution < 1.29 is 50.1 Å². The van der Waals surface area contributed by atoms with Gasteiger partial charge in [-0.05, 0) is 0 Å². The first-order valence-electron chi connectivity index (χ1n) is 22.9. The number of hydrogen-bond donors (Lipinski definition) is 2. The van der Waals surface area contributed by atoms with Gasteiger partial charge in [-0.1, -0.05) is 0 Å². The van der Waals surface area contributed by atoms with Gasteiger partial charge in [-0.15, -0.1) is 0 Å². The first-order valence-corrected chi connectivity index (χ1v) is 27.6. The molecule has 0 unspecified atom stereocenters. The van der Waals surface area contributed by atoms with Gasteiger partial charge < -0.3 is 0 Å². The number of alkyl halides is 6. The van der Waals surface area contributed by atoms with Crippen LogP contribution in [0.4, 0.5) is 26.3 Å². The molecule has 9 rings (SSSR count). The molecular formula is C58H47BF6O5P2. The van der Waals surface area contributed by atoms with Crippen LogP contribution >= 0.6 is 13.7 Å². The summed E-state index contributed by atoms with van der Waals surface area (Å²) >= 11 is 0. The van der Waals surface area contributed by atoms with Crippen molar-refractivity contribution in [2.24, 2.45) is 0 Å². The predicted octanol–water partition coefficient (Wildman–Crippen LogP) is 12.8. The second-order valence-electron chi connectivity index (χ2n) is 17.5. The van der Waals surface area contributed by atoms with Crippen LogP contribution in [0.3, 0.4) is 0 Å². The number of rotatable bonds is 16. The van der Waals surface area contributed by atoms with Crippen LogP contribution in [0, 0.1) is 0 Å². The van der Waals surface area contributed by atoms with Crippen molar-refractivity contribution in [3.05, 3.63) is 271 Å². The summed E-state index contributed by atoms with van der Waals surface area (Å²) in [6.07, 6.45) is -10.5. The molecule has 0 aromatic heterocycles. The molecule has 0 aliphatic rings. The summed E-state index contributed by atoms with van der Waals surface area (Å²) in [6, 6.07) is 69.7. The fraction of sp³-hybridized carbons (Fsp3) is 0.0690. The summed E-state index contributed by atoms with van der Waals surface area (Å²) in [5.41, 5.74) is -2.06. The van der Waals surface area contributed by atoms with E-state index in [-0.39, 0.29) is 29.9 Å². The Morgan fingerprint density at radius 2 is 0.625 bits per heavy atom. The van der Waals surface area contributed by atoms with E-state index in [1.807, 2.05) is 194 Å². The van der Waals surface area contributed by atoms with Gasteiger partial charge >= 0.3 is 416 Å². The topological polar surface area (TPSA) is 68.2 Å². The molecule has 0 aliphatic heterocycles. The van der Waals surface area contributed by atoms with Gasteiger partial charge in [0.25, 0.3) is 0 Å². The van der Waals surface area contributed by atoms with Crippen molar-refractivity contribution >= 4 is 52.8 Å². The zero-order chi connectivity index (χ0) is 50.5. The van der Waals surface area contributed by atoms with Crippen molar-refractivity contribution in [2.75, 3.05) is 0 Å². The molecule has 0 spiro atoms. The van der Waals surface area contributed by atoms with E-state index in [2.05, 4.69) is 0 Å². The molecule has 0 radical (unpaired) electrons. The molecule has 5 nitrogen and oxygen atoms in total. The Hall–Kier alpha value is -7.20. The fourth-order valence-electron chi connectivity index (χ4n) is 9.90. The molecular weight excluding hydrogens is 963 g/mol. The van der Waals surface area contributed by atoms with Crippen LogP contribution in [-0.2, 0) is 33.6 Å². The van der Waals surface area contributed by atoms with Crippen molar-refractivity contribution in [1.29, 1.82) is 0 Å². The van der Waals surface area contributed by atoms with Gasteiger partial charge in [-0.2, -0.15) is 0 Å². The zero-order valence-electron chi connectivity index (χ0n) is 38.4. The second kappa shape index (κ2) is 19.8. The molecule has 72 heavy (non-hydrogen) atoms. The summed E-state index contributed by atoms with van der Waals surface area (Å²) in [4.78, 5) is 0. The number of hydrogen-bond acceptors (Lipinski definition) is 5.